The summed E-state index contributed by atoms with van der Waals surface area (Å²) in [6.07, 6.45) is 1.13. The van der Waals surface area contributed by atoms with E-state index in [-0.39, 0.29) is 5.41 Å². The SMILES string of the molecule is CCCNC1c2cc(OC)cc(C(C)(C)C)c2OCC1C. The van der Waals surface area contributed by atoms with Gasteiger partial charge in [0.2, 0.25) is 0 Å². The lowest BCUT2D eigenvalue weighted by Crippen LogP contribution is -2.35. The van der Waals surface area contributed by atoms with Gasteiger partial charge in [0, 0.05) is 23.1 Å². The maximum absolute atomic E-state index is 6.11. The van der Waals surface area contributed by atoms with Crippen LogP contribution >= 0.6 is 0 Å². The maximum Gasteiger partial charge on any atom is 0.128 e. The van der Waals surface area contributed by atoms with Crippen molar-refractivity contribution in [2.45, 2.75) is 52.5 Å². The third-order valence-electron chi connectivity index (χ3n) is 4.14. The highest BCUT2D eigenvalue weighted by Crippen LogP contribution is 2.44. The highest BCUT2D eigenvalue weighted by molar-refractivity contribution is 5.52. The average molecular weight is 291 g/mol. The number of ether oxygens (including phenoxy) is 2. The second kappa shape index (κ2) is 6.27. The Hall–Kier alpha value is -1.22. The van der Waals surface area contributed by atoms with Crippen molar-refractivity contribution in [3.8, 4) is 11.5 Å². The summed E-state index contributed by atoms with van der Waals surface area (Å²) in [6.45, 7) is 12.9. The Kier molecular flexibility index (Phi) is 4.82. The van der Waals surface area contributed by atoms with E-state index in [4.69, 9.17) is 9.47 Å². The molecule has 1 heterocycles. The van der Waals surface area contributed by atoms with Crippen LogP contribution in [0.2, 0.25) is 0 Å². The van der Waals surface area contributed by atoms with Crippen LogP contribution in [0, 0.1) is 5.92 Å². The number of hydrogen-bond donors (Lipinski definition) is 1. The maximum atomic E-state index is 6.11. The van der Waals surface area contributed by atoms with Gasteiger partial charge in [-0.1, -0.05) is 34.6 Å². The molecule has 0 bridgehead atoms. The van der Waals surface area contributed by atoms with Gasteiger partial charge in [-0.25, -0.2) is 0 Å². The Balaban J connectivity index is 2.52. The fourth-order valence-electron chi connectivity index (χ4n) is 2.92. The summed E-state index contributed by atoms with van der Waals surface area (Å²) in [4.78, 5) is 0. The van der Waals surface area contributed by atoms with Crippen molar-refractivity contribution in [3.63, 3.8) is 0 Å². The van der Waals surface area contributed by atoms with E-state index in [0.29, 0.717) is 12.0 Å². The van der Waals surface area contributed by atoms with Crippen LogP contribution in [0.25, 0.3) is 0 Å². The number of fused-ring (bicyclic) bond motifs is 1. The van der Waals surface area contributed by atoms with E-state index < -0.39 is 0 Å². The summed E-state index contributed by atoms with van der Waals surface area (Å²) in [5, 5.41) is 3.67. The number of hydrogen-bond acceptors (Lipinski definition) is 3. The molecule has 0 amide bonds. The fraction of sp³-hybridized carbons (Fsp3) is 0.667. The zero-order chi connectivity index (χ0) is 15.6. The third-order valence-corrected chi connectivity index (χ3v) is 4.14. The van der Waals surface area contributed by atoms with Crippen LogP contribution in [-0.4, -0.2) is 20.3 Å². The molecule has 21 heavy (non-hydrogen) atoms. The summed E-state index contributed by atoms with van der Waals surface area (Å²) in [6, 6.07) is 4.59. The standard InChI is InChI=1S/C18H29NO2/c1-7-8-19-16-12(2)11-21-17-14(16)9-13(20-6)10-15(17)18(3,4)5/h9-10,12,16,19H,7-8,11H2,1-6H3. The van der Waals surface area contributed by atoms with Gasteiger partial charge in [-0.3, -0.25) is 0 Å². The number of rotatable bonds is 4. The summed E-state index contributed by atoms with van der Waals surface area (Å²) in [5.74, 6) is 2.43. The smallest absolute Gasteiger partial charge is 0.128 e. The molecular weight excluding hydrogens is 262 g/mol. The molecule has 1 aliphatic rings. The van der Waals surface area contributed by atoms with Gasteiger partial charge in [-0.05, 0) is 30.5 Å². The lowest BCUT2D eigenvalue weighted by atomic mass is 9.81. The van der Waals surface area contributed by atoms with Crippen molar-refractivity contribution < 1.29 is 9.47 Å². The molecular formula is C18H29NO2. The van der Waals surface area contributed by atoms with Gasteiger partial charge in [-0.15, -0.1) is 0 Å². The number of methoxy groups -OCH3 is 1. The molecule has 0 saturated heterocycles. The van der Waals surface area contributed by atoms with Crippen LogP contribution in [0.15, 0.2) is 12.1 Å². The minimum absolute atomic E-state index is 0.0362. The van der Waals surface area contributed by atoms with Crippen LogP contribution in [0.5, 0.6) is 11.5 Å². The van der Waals surface area contributed by atoms with Crippen LogP contribution in [0.1, 0.15) is 58.2 Å². The molecule has 3 nitrogen and oxygen atoms in total. The molecule has 1 aromatic rings. The Labute approximate surface area is 129 Å². The van der Waals surface area contributed by atoms with Gasteiger partial charge in [-0.2, -0.15) is 0 Å². The minimum atomic E-state index is 0.0362. The van der Waals surface area contributed by atoms with E-state index >= 15 is 0 Å². The zero-order valence-corrected chi connectivity index (χ0v) is 14.2. The number of nitrogens with one attached hydrogen (secondary N) is 1. The quantitative estimate of drug-likeness (QED) is 0.907. The molecule has 1 aliphatic heterocycles. The van der Waals surface area contributed by atoms with Gasteiger partial charge in [0.15, 0.2) is 0 Å². The summed E-state index contributed by atoms with van der Waals surface area (Å²) in [5.41, 5.74) is 2.51. The average Bonchev–Trinajstić information content (AvgIpc) is 2.44. The zero-order valence-electron chi connectivity index (χ0n) is 14.2. The molecule has 1 aromatic carbocycles. The van der Waals surface area contributed by atoms with E-state index in [9.17, 15) is 0 Å². The second-order valence-electron chi connectivity index (χ2n) is 7.06. The summed E-state index contributed by atoms with van der Waals surface area (Å²) in [7, 11) is 1.73. The first kappa shape index (κ1) is 16.2. The predicted molar refractivity (Wildman–Crippen MR) is 87.4 cm³/mol. The predicted octanol–water partition coefficient (Wildman–Crippen LogP) is 4.06. The van der Waals surface area contributed by atoms with Crippen molar-refractivity contribution in [2.24, 2.45) is 5.92 Å². The van der Waals surface area contributed by atoms with E-state index in [0.717, 1.165) is 31.1 Å². The first-order chi connectivity index (χ1) is 9.88. The van der Waals surface area contributed by atoms with Gasteiger partial charge < -0.3 is 14.8 Å². The molecule has 0 aliphatic carbocycles. The Morgan fingerprint density at radius 3 is 2.62 bits per heavy atom. The first-order valence-corrected chi connectivity index (χ1v) is 7.97. The van der Waals surface area contributed by atoms with Gasteiger partial charge in [0.1, 0.15) is 11.5 Å². The lowest BCUT2D eigenvalue weighted by molar-refractivity contribution is 0.184. The summed E-state index contributed by atoms with van der Waals surface area (Å²) >= 11 is 0. The van der Waals surface area contributed by atoms with Crippen LogP contribution in [0.4, 0.5) is 0 Å². The summed E-state index contributed by atoms with van der Waals surface area (Å²) < 4.78 is 11.6. The first-order valence-electron chi connectivity index (χ1n) is 7.97. The van der Waals surface area contributed by atoms with E-state index in [1.54, 1.807) is 7.11 Å². The van der Waals surface area contributed by atoms with Gasteiger partial charge in [0.05, 0.1) is 13.7 Å². The fourth-order valence-corrected chi connectivity index (χ4v) is 2.92. The Morgan fingerprint density at radius 2 is 2.05 bits per heavy atom. The molecule has 118 valence electrons. The van der Waals surface area contributed by atoms with E-state index in [1.165, 1.54) is 11.1 Å². The molecule has 0 radical (unpaired) electrons. The van der Waals surface area contributed by atoms with Crippen molar-refractivity contribution in [1.82, 2.24) is 5.32 Å². The normalized spacial score (nSPS) is 21.6. The molecule has 2 atom stereocenters. The second-order valence-corrected chi connectivity index (χ2v) is 7.06. The topological polar surface area (TPSA) is 30.5 Å². The number of benzene rings is 1. The largest absolute Gasteiger partial charge is 0.497 e. The van der Waals surface area contributed by atoms with Gasteiger partial charge >= 0.3 is 0 Å². The Morgan fingerprint density at radius 1 is 1.33 bits per heavy atom. The van der Waals surface area contributed by atoms with E-state index in [1.807, 2.05) is 0 Å². The van der Waals surface area contributed by atoms with Crippen molar-refractivity contribution in [3.05, 3.63) is 23.3 Å². The molecule has 2 unspecified atom stereocenters. The molecule has 3 heteroatoms. The van der Waals surface area contributed by atoms with Crippen molar-refractivity contribution in [1.29, 1.82) is 0 Å². The van der Waals surface area contributed by atoms with E-state index in [2.05, 4.69) is 52.1 Å². The van der Waals surface area contributed by atoms with Gasteiger partial charge in [0.25, 0.3) is 0 Å². The van der Waals surface area contributed by atoms with Crippen molar-refractivity contribution >= 4 is 0 Å². The molecule has 0 saturated carbocycles. The molecule has 0 spiro atoms. The third kappa shape index (κ3) is 3.34. The van der Waals surface area contributed by atoms with Crippen molar-refractivity contribution in [2.75, 3.05) is 20.3 Å². The Bertz CT molecular complexity index is 491. The highest BCUT2D eigenvalue weighted by Gasteiger charge is 2.32. The monoisotopic (exact) mass is 291 g/mol. The van der Waals surface area contributed by atoms with Crippen LogP contribution in [0.3, 0.4) is 0 Å². The molecule has 1 N–H and O–H groups in total. The molecule has 0 aromatic heterocycles. The molecule has 2 rings (SSSR count). The van der Waals surface area contributed by atoms with Crippen LogP contribution < -0.4 is 14.8 Å². The molecule has 0 fully saturated rings. The highest BCUT2D eigenvalue weighted by atomic mass is 16.5. The lowest BCUT2D eigenvalue weighted by Gasteiger charge is -2.36. The van der Waals surface area contributed by atoms with Crippen LogP contribution in [-0.2, 0) is 5.41 Å². The minimum Gasteiger partial charge on any atom is -0.497 e.